The van der Waals surface area contributed by atoms with Crippen LogP contribution in [0.15, 0.2) is 35.4 Å². The Morgan fingerprint density at radius 3 is 2.78 bits per heavy atom. The van der Waals surface area contributed by atoms with Gasteiger partial charge in [-0.15, -0.1) is 5.10 Å². The molecule has 7 nitrogen and oxygen atoms in total. The monoisotopic (exact) mass is 243 g/mol. The van der Waals surface area contributed by atoms with Crippen molar-refractivity contribution in [2.45, 2.75) is 0 Å². The maximum Gasteiger partial charge on any atom is 0.280 e. The number of fused-ring (bicyclic) bond motifs is 1. The zero-order valence-electron chi connectivity index (χ0n) is 9.49. The van der Waals surface area contributed by atoms with Crippen LogP contribution in [0.25, 0.3) is 16.9 Å². The maximum absolute atomic E-state index is 11.5. The Balaban J connectivity index is 2.19. The smallest absolute Gasteiger partial charge is 0.280 e. The van der Waals surface area contributed by atoms with E-state index in [1.165, 1.54) is 11.0 Å². The molecule has 0 unspecified atom stereocenters. The highest BCUT2D eigenvalue weighted by molar-refractivity contribution is 5.69. The number of nitrogens with one attached hydrogen (secondary N) is 1. The van der Waals surface area contributed by atoms with E-state index in [1.54, 1.807) is 19.2 Å². The molecule has 0 bridgehead atoms. The van der Waals surface area contributed by atoms with E-state index in [9.17, 15) is 4.79 Å². The molecule has 0 aliphatic rings. The molecule has 0 saturated carbocycles. The lowest BCUT2D eigenvalue weighted by Gasteiger charge is -2.02. The Labute approximate surface area is 101 Å². The number of nitrogens with zero attached hydrogens (tertiary/aromatic N) is 4. The molecular weight excluding hydrogens is 234 g/mol. The molecule has 90 valence electrons. The van der Waals surface area contributed by atoms with Crippen LogP contribution in [0, 0.1) is 0 Å². The second-order valence-corrected chi connectivity index (χ2v) is 3.60. The SMILES string of the molecule is COc1ccc(-n2nnc3c(=O)[nH]cnc32)cc1. The van der Waals surface area contributed by atoms with Crippen molar-refractivity contribution >= 4 is 11.2 Å². The molecule has 0 spiro atoms. The number of hydrogen-bond donors (Lipinski definition) is 1. The lowest BCUT2D eigenvalue weighted by atomic mass is 10.3. The maximum atomic E-state index is 11.5. The first kappa shape index (κ1) is 10.5. The summed E-state index contributed by atoms with van der Waals surface area (Å²) in [4.78, 5) is 18.0. The van der Waals surface area contributed by atoms with Gasteiger partial charge in [-0.1, -0.05) is 5.21 Å². The van der Waals surface area contributed by atoms with Gasteiger partial charge in [-0.3, -0.25) is 4.79 Å². The van der Waals surface area contributed by atoms with E-state index in [0.717, 1.165) is 11.4 Å². The van der Waals surface area contributed by atoms with E-state index >= 15 is 0 Å². The van der Waals surface area contributed by atoms with Gasteiger partial charge >= 0.3 is 0 Å². The first-order valence-corrected chi connectivity index (χ1v) is 5.23. The fourth-order valence-electron chi connectivity index (χ4n) is 1.66. The van der Waals surface area contributed by atoms with Crippen LogP contribution in [-0.2, 0) is 0 Å². The predicted octanol–water partition coefficient (Wildman–Crippen LogP) is 0.512. The Kier molecular flexibility index (Phi) is 2.30. The molecule has 1 aromatic carbocycles. The van der Waals surface area contributed by atoms with Crippen molar-refractivity contribution in [3.8, 4) is 11.4 Å². The van der Waals surface area contributed by atoms with E-state index in [1.807, 2.05) is 12.1 Å². The Bertz CT molecular complexity index is 744. The molecule has 2 aromatic heterocycles. The summed E-state index contributed by atoms with van der Waals surface area (Å²) in [5, 5.41) is 7.74. The van der Waals surface area contributed by atoms with Crippen LogP contribution in [0.5, 0.6) is 5.75 Å². The minimum Gasteiger partial charge on any atom is -0.497 e. The number of methoxy groups -OCH3 is 1. The lowest BCUT2D eigenvalue weighted by molar-refractivity contribution is 0.414. The summed E-state index contributed by atoms with van der Waals surface area (Å²) in [5.41, 5.74) is 1.09. The second kappa shape index (κ2) is 3.95. The standard InChI is InChI=1S/C11H9N5O2/c1-18-8-4-2-7(3-5-8)16-10-9(14-15-16)11(17)13-6-12-10/h2-6H,1H3,(H,12,13,17). The van der Waals surface area contributed by atoms with Crippen molar-refractivity contribution < 1.29 is 4.74 Å². The molecular formula is C11H9N5O2. The molecule has 0 radical (unpaired) electrons. The summed E-state index contributed by atoms with van der Waals surface area (Å²) in [6.07, 6.45) is 1.33. The molecule has 1 N–H and O–H groups in total. The summed E-state index contributed by atoms with van der Waals surface area (Å²) in [5.74, 6) is 0.744. The molecule has 3 rings (SSSR count). The van der Waals surface area contributed by atoms with Crippen LogP contribution in [-0.4, -0.2) is 32.1 Å². The van der Waals surface area contributed by atoms with E-state index < -0.39 is 0 Å². The predicted molar refractivity (Wildman–Crippen MR) is 63.8 cm³/mol. The van der Waals surface area contributed by atoms with Crippen LogP contribution < -0.4 is 10.3 Å². The molecule has 2 heterocycles. The molecule has 0 amide bonds. The van der Waals surface area contributed by atoms with Crippen LogP contribution in [0.4, 0.5) is 0 Å². The van der Waals surface area contributed by atoms with Gasteiger partial charge in [0.1, 0.15) is 5.75 Å². The van der Waals surface area contributed by atoms with Crippen LogP contribution in [0.1, 0.15) is 0 Å². The average Bonchev–Trinajstić information content (AvgIpc) is 2.84. The Hall–Kier alpha value is -2.70. The van der Waals surface area contributed by atoms with E-state index in [2.05, 4.69) is 20.3 Å². The van der Waals surface area contributed by atoms with Crippen molar-refractivity contribution in [3.63, 3.8) is 0 Å². The summed E-state index contributed by atoms with van der Waals surface area (Å²) >= 11 is 0. The van der Waals surface area contributed by atoms with Crippen LogP contribution in [0.2, 0.25) is 0 Å². The van der Waals surface area contributed by atoms with Gasteiger partial charge in [0.2, 0.25) is 0 Å². The van der Waals surface area contributed by atoms with Gasteiger partial charge in [0.15, 0.2) is 11.2 Å². The number of aromatic nitrogens is 5. The molecule has 0 aliphatic heterocycles. The zero-order valence-corrected chi connectivity index (χ0v) is 9.49. The third kappa shape index (κ3) is 1.53. The first-order chi connectivity index (χ1) is 8.79. The lowest BCUT2D eigenvalue weighted by Crippen LogP contribution is -2.07. The Morgan fingerprint density at radius 2 is 2.06 bits per heavy atom. The van der Waals surface area contributed by atoms with E-state index in [4.69, 9.17) is 4.74 Å². The number of H-pyrrole nitrogens is 1. The Morgan fingerprint density at radius 1 is 1.28 bits per heavy atom. The number of benzene rings is 1. The van der Waals surface area contributed by atoms with Gasteiger partial charge in [0, 0.05) is 0 Å². The molecule has 0 aliphatic carbocycles. The highest BCUT2D eigenvalue weighted by Gasteiger charge is 2.10. The summed E-state index contributed by atoms with van der Waals surface area (Å²) in [6, 6.07) is 7.23. The van der Waals surface area contributed by atoms with Crippen molar-refractivity contribution in [3.05, 3.63) is 40.9 Å². The average molecular weight is 243 g/mol. The van der Waals surface area contributed by atoms with Gasteiger partial charge in [-0.05, 0) is 24.3 Å². The highest BCUT2D eigenvalue weighted by Crippen LogP contribution is 2.16. The van der Waals surface area contributed by atoms with Crippen molar-refractivity contribution in [2.75, 3.05) is 7.11 Å². The van der Waals surface area contributed by atoms with Gasteiger partial charge in [0.25, 0.3) is 5.56 Å². The van der Waals surface area contributed by atoms with Crippen LogP contribution in [0.3, 0.4) is 0 Å². The first-order valence-electron chi connectivity index (χ1n) is 5.23. The molecule has 7 heteroatoms. The molecule has 0 atom stereocenters. The van der Waals surface area contributed by atoms with Crippen LogP contribution >= 0.6 is 0 Å². The van der Waals surface area contributed by atoms with E-state index in [-0.39, 0.29) is 11.1 Å². The third-order valence-corrected chi connectivity index (χ3v) is 2.56. The number of ether oxygens (including phenoxy) is 1. The zero-order chi connectivity index (χ0) is 12.5. The minimum absolute atomic E-state index is 0.216. The van der Waals surface area contributed by atoms with Gasteiger partial charge in [0.05, 0.1) is 19.1 Å². The number of aromatic amines is 1. The minimum atomic E-state index is -0.306. The van der Waals surface area contributed by atoms with Gasteiger partial charge in [-0.25, -0.2) is 4.98 Å². The van der Waals surface area contributed by atoms with Crippen molar-refractivity contribution in [2.24, 2.45) is 0 Å². The van der Waals surface area contributed by atoms with Gasteiger partial charge < -0.3 is 9.72 Å². The van der Waals surface area contributed by atoms with Gasteiger partial charge in [-0.2, -0.15) is 4.68 Å². The largest absolute Gasteiger partial charge is 0.497 e. The quantitative estimate of drug-likeness (QED) is 0.708. The molecule has 0 fully saturated rings. The number of hydrogen-bond acceptors (Lipinski definition) is 5. The van der Waals surface area contributed by atoms with E-state index in [0.29, 0.717) is 5.65 Å². The summed E-state index contributed by atoms with van der Waals surface area (Å²) in [7, 11) is 1.60. The molecule has 3 aromatic rings. The molecule has 18 heavy (non-hydrogen) atoms. The number of rotatable bonds is 2. The van der Waals surface area contributed by atoms with Crippen molar-refractivity contribution in [1.29, 1.82) is 0 Å². The molecule has 0 saturated heterocycles. The topological polar surface area (TPSA) is 85.7 Å². The fourth-order valence-corrected chi connectivity index (χ4v) is 1.66. The summed E-state index contributed by atoms with van der Waals surface area (Å²) < 4.78 is 6.58. The fraction of sp³-hybridized carbons (Fsp3) is 0.0909. The normalized spacial score (nSPS) is 10.7. The summed E-state index contributed by atoms with van der Waals surface area (Å²) in [6.45, 7) is 0. The van der Waals surface area contributed by atoms with Crippen molar-refractivity contribution in [1.82, 2.24) is 25.0 Å². The second-order valence-electron chi connectivity index (χ2n) is 3.60. The third-order valence-electron chi connectivity index (χ3n) is 2.56. The highest BCUT2D eigenvalue weighted by atomic mass is 16.5.